The number of hydrogen-bond donors (Lipinski definition) is 1. The highest BCUT2D eigenvalue weighted by Crippen LogP contribution is 2.31. The number of carbonyl (C=O) groups is 1. The molecule has 0 bridgehead atoms. The summed E-state index contributed by atoms with van der Waals surface area (Å²) in [5.74, 6) is 0. The van der Waals surface area contributed by atoms with E-state index >= 15 is 0 Å². The third kappa shape index (κ3) is 4.05. The first kappa shape index (κ1) is 18.8. The normalized spacial score (nSPS) is 20.0. The molecule has 3 rings (SSSR count). The Balaban J connectivity index is 1.63. The van der Waals surface area contributed by atoms with Crippen molar-refractivity contribution in [3.05, 3.63) is 28.2 Å². The van der Waals surface area contributed by atoms with E-state index in [1.165, 1.54) is 10.4 Å². The summed E-state index contributed by atoms with van der Waals surface area (Å²) in [6.45, 7) is 1.19. The van der Waals surface area contributed by atoms with Crippen molar-refractivity contribution >= 4 is 39.3 Å². The zero-order valence-electron chi connectivity index (χ0n) is 13.7. The van der Waals surface area contributed by atoms with Crippen molar-refractivity contribution in [3.8, 4) is 0 Å². The number of piperazine rings is 1. The monoisotopic (exact) mass is 405 g/mol. The van der Waals surface area contributed by atoms with Gasteiger partial charge in [0.15, 0.2) is 0 Å². The van der Waals surface area contributed by atoms with Gasteiger partial charge in [0.1, 0.15) is 4.90 Å². The van der Waals surface area contributed by atoms with Crippen molar-refractivity contribution < 1.29 is 13.2 Å². The molecule has 9 heteroatoms. The minimum absolute atomic E-state index is 0.00511. The summed E-state index contributed by atoms with van der Waals surface area (Å²) >= 11 is 12.0. The first-order chi connectivity index (χ1) is 11.9. The predicted octanol–water partition coefficient (Wildman–Crippen LogP) is 2.95. The van der Waals surface area contributed by atoms with Gasteiger partial charge in [-0.3, -0.25) is 0 Å². The fourth-order valence-corrected chi connectivity index (χ4v) is 5.45. The maximum Gasteiger partial charge on any atom is 0.317 e. The molecule has 0 spiro atoms. The molecule has 2 amide bonds. The molecule has 2 aliphatic rings. The topological polar surface area (TPSA) is 69.7 Å². The molecule has 138 valence electrons. The van der Waals surface area contributed by atoms with Crippen LogP contribution in [0.5, 0.6) is 0 Å². The van der Waals surface area contributed by atoms with Crippen LogP contribution < -0.4 is 5.32 Å². The van der Waals surface area contributed by atoms with Crippen LogP contribution in [-0.2, 0) is 10.0 Å². The highest BCUT2D eigenvalue weighted by atomic mass is 35.5. The van der Waals surface area contributed by atoms with Crippen molar-refractivity contribution in [3.63, 3.8) is 0 Å². The number of nitrogens with zero attached hydrogens (tertiary/aromatic N) is 2. The zero-order valence-corrected chi connectivity index (χ0v) is 16.1. The third-order valence-electron chi connectivity index (χ3n) is 4.74. The second kappa shape index (κ2) is 7.70. The van der Waals surface area contributed by atoms with Crippen LogP contribution in [0.3, 0.4) is 0 Å². The largest absolute Gasteiger partial charge is 0.335 e. The number of halogens is 2. The SMILES string of the molecule is O=C(NC1CCCC1)N1CCN(S(=O)(=O)c2cccc(Cl)c2Cl)CC1. The van der Waals surface area contributed by atoms with E-state index in [0.29, 0.717) is 13.1 Å². The smallest absolute Gasteiger partial charge is 0.317 e. The van der Waals surface area contributed by atoms with Crippen LogP contribution in [0, 0.1) is 0 Å². The molecule has 1 saturated heterocycles. The third-order valence-corrected chi connectivity index (χ3v) is 7.61. The van der Waals surface area contributed by atoms with E-state index in [-0.39, 0.29) is 40.1 Å². The van der Waals surface area contributed by atoms with Gasteiger partial charge in [0.05, 0.1) is 10.0 Å². The van der Waals surface area contributed by atoms with E-state index < -0.39 is 10.0 Å². The number of amides is 2. The lowest BCUT2D eigenvalue weighted by Crippen LogP contribution is -2.54. The standard InChI is InChI=1S/C16H21Cl2N3O3S/c17-13-6-3-7-14(15(13)18)25(23,24)21-10-8-20(9-11-21)16(22)19-12-4-1-2-5-12/h3,6-7,12H,1-2,4-5,8-11H2,(H,19,22). The van der Waals surface area contributed by atoms with E-state index in [4.69, 9.17) is 23.2 Å². The van der Waals surface area contributed by atoms with Gasteiger partial charge in [0, 0.05) is 32.2 Å². The van der Waals surface area contributed by atoms with E-state index in [0.717, 1.165) is 25.7 Å². The quantitative estimate of drug-likeness (QED) is 0.839. The van der Waals surface area contributed by atoms with Gasteiger partial charge in [0.25, 0.3) is 0 Å². The van der Waals surface area contributed by atoms with Crippen molar-refractivity contribution in [2.45, 2.75) is 36.6 Å². The highest BCUT2D eigenvalue weighted by molar-refractivity contribution is 7.89. The van der Waals surface area contributed by atoms with E-state index in [2.05, 4.69) is 5.32 Å². The predicted molar refractivity (Wildman–Crippen MR) is 97.6 cm³/mol. The summed E-state index contributed by atoms with van der Waals surface area (Å²) in [6.07, 6.45) is 4.34. The summed E-state index contributed by atoms with van der Waals surface area (Å²) in [5, 5.41) is 3.27. The van der Waals surface area contributed by atoms with E-state index in [1.54, 1.807) is 17.0 Å². The summed E-state index contributed by atoms with van der Waals surface area (Å²) in [7, 11) is -3.73. The Morgan fingerprint density at radius 3 is 2.36 bits per heavy atom. The minimum atomic E-state index is -3.73. The van der Waals surface area contributed by atoms with Crippen molar-refractivity contribution in [1.29, 1.82) is 0 Å². The van der Waals surface area contributed by atoms with E-state index in [9.17, 15) is 13.2 Å². The molecule has 6 nitrogen and oxygen atoms in total. The number of rotatable bonds is 3. The van der Waals surface area contributed by atoms with Crippen LogP contribution in [0.2, 0.25) is 10.0 Å². The first-order valence-electron chi connectivity index (χ1n) is 8.39. The highest BCUT2D eigenvalue weighted by Gasteiger charge is 2.32. The molecule has 25 heavy (non-hydrogen) atoms. The Morgan fingerprint density at radius 2 is 1.72 bits per heavy atom. The molecule has 1 heterocycles. The number of urea groups is 1. The zero-order chi connectivity index (χ0) is 18.0. The molecular weight excluding hydrogens is 385 g/mol. The molecule has 1 N–H and O–H groups in total. The Kier molecular flexibility index (Phi) is 5.78. The number of hydrogen-bond acceptors (Lipinski definition) is 3. The summed E-state index contributed by atoms with van der Waals surface area (Å²) < 4.78 is 26.9. The second-order valence-corrected chi connectivity index (χ2v) is 9.07. The second-order valence-electron chi connectivity index (χ2n) is 6.37. The van der Waals surface area contributed by atoms with Gasteiger partial charge in [-0.05, 0) is 25.0 Å². The van der Waals surface area contributed by atoms with Gasteiger partial charge in [-0.1, -0.05) is 42.1 Å². The van der Waals surface area contributed by atoms with Crippen molar-refractivity contribution in [1.82, 2.24) is 14.5 Å². The summed E-state index contributed by atoms with van der Waals surface area (Å²) in [6, 6.07) is 4.70. The Bertz CT molecular complexity index is 743. The van der Waals surface area contributed by atoms with E-state index in [1.807, 2.05) is 0 Å². The lowest BCUT2D eigenvalue weighted by molar-refractivity contribution is 0.169. The lowest BCUT2D eigenvalue weighted by Gasteiger charge is -2.34. The van der Waals surface area contributed by atoms with Crippen LogP contribution in [-0.4, -0.2) is 55.9 Å². The van der Waals surface area contributed by atoms with Crippen LogP contribution in [0.15, 0.2) is 23.1 Å². The van der Waals surface area contributed by atoms with Gasteiger partial charge in [-0.15, -0.1) is 0 Å². The van der Waals surface area contributed by atoms with Gasteiger partial charge in [0.2, 0.25) is 10.0 Å². The number of nitrogens with one attached hydrogen (secondary N) is 1. The maximum atomic E-state index is 12.8. The average molecular weight is 406 g/mol. The molecule has 1 saturated carbocycles. The molecule has 0 radical (unpaired) electrons. The summed E-state index contributed by atoms with van der Waals surface area (Å²) in [4.78, 5) is 14.0. The Hall–Kier alpha value is -1.02. The fraction of sp³-hybridized carbons (Fsp3) is 0.562. The van der Waals surface area contributed by atoms with Gasteiger partial charge >= 0.3 is 6.03 Å². The van der Waals surface area contributed by atoms with Crippen LogP contribution in [0.25, 0.3) is 0 Å². The fourth-order valence-electron chi connectivity index (χ4n) is 3.29. The van der Waals surface area contributed by atoms with Crippen LogP contribution in [0.4, 0.5) is 4.79 Å². The summed E-state index contributed by atoms with van der Waals surface area (Å²) in [5.41, 5.74) is 0. The number of sulfonamides is 1. The van der Waals surface area contributed by atoms with Gasteiger partial charge < -0.3 is 10.2 Å². The maximum absolute atomic E-state index is 12.8. The number of benzene rings is 1. The van der Waals surface area contributed by atoms with Crippen molar-refractivity contribution in [2.75, 3.05) is 26.2 Å². The molecule has 1 aromatic carbocycles. The molecule has 1 aromatic rings. The molecule has 2 fully saturated rings. The van der Waals surface area contributed by atoms with Crippen molar-refractivity contribution in [2.24, 2.45) is 0 Å². The molecular formula is C16H21Cl2N3O3S. The Labute approximate surface area is 158 Å². The molecule has 0 aromatic heterocycles. The molecule has 0 unspecified atom stereocenters. The molecule has 0 atom stereocenters. The minimum Gasteiger partial charge on any atom is -0.335 e. The Morgan fingerprint density at radius 1 is 1.08 bits per heavy atom. The number of carbonyl (C=O) groups excluding carboxylic acids is 1. The van der Waals surface area contributed by atoms with Crippen LogP contribution >= 0.6 is 23.2 Å². The lowest BCUT2D eigenvalue weighted by atomic mass is 10.2. The molecule has 1 aliphatic heterocycles. The average Bonchev–Trinajstić information content (AvgIpc) is 3.10. The first-order valence-corrected chi connectivity index (χ1v) is 10.6. The van der Waals surface area contributed by atoms with Gasteiger partial charge in [-0.25, -0.2) is 13.2 Å². The van der Waals surface area contributed by atoms with Crippen LogP contribution in [0.1, 0.15) is 25.7 Å². The molecule has 1 aliphatic carbocycles. The van der Waals surface area contributed by atoms with Gasteiger partial charge in [-0.2, -0.15) is 4.31 Å².